The molecular weight excluding hydrogens is 330 g/mol. The molecule has 3 N–H and O–H groups in total. The van der Waals surface area contributed by atoms with E-state index in [9.17, 15) is 0 Å². The lowest BCUT2D eigenvalue weighted by Gasteiger charge is -2.28. The molecule has 5 rings (SSSR count). The first-order valence-electron chi connectivity index (χ1n) is 9.64. The SMILES string of the molecule is c1c(Nc2nc(N3CCCC3)nc(N3CCNCC3)n2)n[nH]c1C1CC1. The van der Waals surface area contributed by atoms with Crippen LogP contribution in [0.5, 0.6) is 0 Å². The van der Waals surface area contributed by atoms with Crippen LogP contribution in [0.15, 0.2) is 6.07 Å². The van der Waals surface area contributed by atoms with Gasteiger partial charge in [0.2, 0.25) is 17.8 Å². The number of rotatable bonds is 5. The minimum atomic E-state index is 0.573. The summed E-state index contributed by atoms with van der Waals surface area (Å²) in [7, 11) is 0. The first-order chi connectivity index (χ1) is 12.8. The lowest BCUT2D eigenvalue weighted by atomic mass is 10.3. The molecule has 0 spiro atoms. The van der Waals surface area contributed by atoms with Crippen molar-refractivity contribution in [2.75, 3.05) is 54.4 Å². The number of H-pyrrole nitrogens is 1. The molecule has 0 unspecified atom stereocenters. The van der Waals surface area contributed by atoms with Crippen LogP contribution in [0.4, 0.5) is 23.7 Å². The molecule has 1 aliphatic carbocycles. The lowest BCUT2D eigenvalue weighted by Crippen LogP contribution is -2.44. The molecule has 1 saturated carbocycles. The summed E-state index contributed by atoms with van der Waals surface area (Å²) in [6.45, 7) is 5.76. The molecular formula is C17H25N9. The fourth-order valence-electron chi connectivity index (χ4n) is 3.59. The van der Waals surface area contributed by atoms with Crippen LogP contribution in [-0.2, 0) is 0 Å². The first kappa shape index (κ1) is 15.8. The van der Waals surface area contributed by atoms with Gasteiger partial charge in [0, 0.05) is 56.9 Å². The third-order valence-electron chi connectivity index (χ3n) is 5.26. The van der Waals surface area contributed by atoms with E-state index in [1.807, 2.05) is 0 Å². The largest absolute Gasteiger partial charge is 0.341 e. The van der Waals surface area contributed by atoms with E-state index in [4.69, 9.17) is 4.98 Å². The molecule has 138 valence electrons. The van der Waals surface area contributed by atoms with Crippen molar-refractivity contribution >= 4 is 23.7 Å². The second kappa shape index (κ2) is 6.71. The number of nitrogens with one attached hydrogen (secondary N) is 3. The first-order valence-corrected chi connectivity index (χ1v) is 9.64. The monoisotopic (exact) mass is 355 g/mol. The van der Waals surface area contributed by atoms with Gasteiger partial charge in [0.1, 0.15) is 0 Å². The van der Waals surface area contributed by atoms with Gasteiger partial charge in [-0.05, 0) is 25.7 Å². The smallest absolute Gasteiger partial charge is 0.235 e. The van der Waals surface area contributed by atoms with Crippen molar-refractivity contribution in [1.29, 1.82) is 0 Å². The summed E-state index contributed by atoms with van der Waals surface area (Å²) in [6.07, 6.45) is 4.89. The average Bonchev–Trinajstić information content (AvgIpc) is 3.18. The Morgan fingerprint density at radius 1 is 0.923 bits per heavy atom. The summed E-state index contributed by atoms with van der Waals surface area (Å²) in [6, 6.07) is 2.07. The second-order valence-corrected chi connectivity index (χ2v) is 7.30. The van der Waals surface area contributed by atoms with Gasteiger partial charge in [-0.3, -0.25) is 5.10 Å². The molecule has 2 aliphatic heterocycles. The van der Waals surface area contributed by atoms with Gasteiger partial charge in [-0.1, -0.05) is 0 Å². The van der Waals surface area contributed by atoms with Gasteiger partial charge < -0.3 is 20.4 Å². The Labute approximate surface area is 152 Å². The molecule has 9 nitrogen and oxygen atoms in total. The Morgan fingerprint density at radius 2 is 1.62 bits per heavy atom. The van der Waals surface area contributed by atoms with Gasteiger partial charge in [0.25, 0.3) is 0 Å². The Hall–Kier alpha value is -2.42. The average molecular weight is 355 g/mol. The van der Waals surface area contributed by atoms with Crippen LogP contribution in [0.2, 0.25) is 0 Å². The Balaban J connectivity index is 1.42. The number of nitrogens with zero attached hydrogens (tertiary/aromatic N) is 6. The molecule has 26 heavy (non-hydrogen) atoms. The summed E-state index contributed by atoms with van der Waals surface area (Å²) in [4.78, 5) is 18.6. The van der Waals surface area contributed by atoms with Crippen LogP contribution in [0.1, 0.15) is 37.3 Å². The minimum Gasteiger partial charge on any atom is -0.341 e. The van der Waals surface area contributed by atoms with Crippen molar-refractivity contribution in [3.8, 4) is 0 Å². The number of piperazine rings is 1. The van der Waals surface area contributed by atoms with E-state index < -0.39 is 0 Å². The van der Waals surface area contributed by atoms with E-state index in [1.54, 1.807) is 0 Å². The van der Waals surface area contributed by atoms with Gasteiger partial charge in [0.05, 0.1) is 0 Å². The summed E-state index contributed by atoms with van der Waals surface area (Å²) in [5.41, 5.74) is 1.20. The minimum absolute atomic E-state index is 0.573. The second-order valence-electron chi connectivity index (χ2n) is 7.30. The van der Waals surface area contributed by atoms with Crippen LogP contribution in [-0.4, -0.2) is 64.4 Å². The van der Waals surface area contributed by atoms with E-state index in [-0.39, 0.29) is 0 Å². The summed E-state index contributed by atoms with van der Waals surface area (Å²) in [5, 5.41) is 14.1. The van der Waals surface area contributed by atoms with Gasteiger partial charge in [0.15, 0.2) is 5.82 Å². The number of hydrogen-bond acceptors (Lipinski definition) is 8. The quantitative estimate of drug-likeness (QED) is 0.737. The van der Waals surface area contributed by atoms with E-state index in [1.165, 1.54) is 31.4 Å². The summed E-state index contributed by atoms with van der Waals surface area (Å²) >= 11 is 0. The van der Waals surface area contributed by atoms with Crippen molar-refractivity contribution in [3.63, 3.8) is 0 Å². The molecule has 3 aliphatic rings. The normalized spacial score (nSPS) is 20.6. The van der Waals surface area contributed by atoms with Crippen molar-refractivity contribution in [1.82, 2.24) is 30.5 Å². The molecule has 0 radical (unpaired) electrons. The molecule has 0 bridgehead atoms. The third kappa shape index (κ3) is 3.31. The van der Waals surface area contributed by atoms with Crippen LogP contribution < -0.4 is 20.4 Å². The molecule has 0 aromatic carbocycles. The molecule has 0 amide bonds. The zero-order valence-electron chi connectivity index (χ0n) is 14.9. The van der Waals surface area contributed by atoms with Crippen LogP contribution >= 0.6 is 0 Å². The molecule has 0 atom stereocenters. The standard InChI is InChI=1S/C17H25N9/c1-2-8-25(7-1)16-20-15(19-14-11-13(23-24-14)12-3-4-12)21-17(22-16)26-9-5-18-6-10-26/h11-12,18H,1-10H2,(H2,19,20,21,22,23,24). The molecule has 2 aromatic heterocycles. The summed E-state index contributed by atoms with van der Waals surface area (Å²) < 4.78 is 0. The topological polar surface area (TPSA) is 97.9 Å². The van der Waals surface area contributed by atoms with E-state index >= 15 is 0 Å². The van der Waals surface area contributed by atoms with Crippen LogP contribution in [0.25, 0.3) is 0 Å². The predicted molar refractivity (Wildman–Crippen MR) is 100 cm³/mol. The lowest BCUT2D eigenvalue weighted by molar-refractivity contribution is 0.579. The van der Waals surface area contributed by atoms with Crippen LogP contribution in [0, 0.1) is 0 Å². The molecule has 2 aromatic rings. The molecule has 4 heterocycles. The van der Waals surface area contributed by atoms with Crippen molar-refractivity contribution in [3.05, 3.63) is 11.8 Å². The van der Waals surface area contributed by atoms with E-state index in [2.05, 4.69) is 46.7 Å². The number of aromatic nitrogens is 5. The van der Waals surface area contributed by atoms with Gasteiger partial charge >= 0.3 is 0 Å². The Kier molecular flexibility index (Phi) is 4.08. The number of anilines is 4. The highest BCUT2D eigenvalue weighted by atomic mass is 15.4. The molecule has 3 fully saturated rings. The highest BCUT2D eigenvalue weighted by molar-refractivity contribution is 5.53. The summed E-state index contributed by atoms with van der Waals surface area (Å²) in [5.74, 6) is 3.52. The zero-order valence-corrected chi connectivity index (χ0v) is 14.9. The fraction of sp³-hybridized carbons (Fsp3) is 0.647. The predicted octanol–water partition coefficient (Wildman–Crippen LogP) is 1.23. The highest BCUT2D eigenvalue weighted by Gasteiger charge is 2.26. The number of aromatic amines is 1. The van der Waals surface area contributed by atoms with Gasteiger partial charge in [-0.2, -0.15) is 20.1 Å². The maximum Gasteiger partial charge on any atom is 0.235 e. The Morgan fingerprint density at radius 3 is 2.31 bits per heavy atom. The van der Waals surface area contributed by atoms with E-state index in [0.29, 0.717) is 11.9 Å². The van der Waals surface area contributed by atoms with Crippen molar-refractivity contribution < 1.29 is 0 Å². The maximum absolute atomic E-state index is 4.76. The highest BCUT2D eigenvalue weighted by Crippen LogP contribution is 2.39. The number of hydrogen-bond donors (Lipinski definition) is 3. The Bertz CT molecular complexity index is 757. The van der Waals surface area contributed by atoms with E-state index in [0.717, 1.165) is 57.0 Å². The maximum atomic E-state index is 4.76. The van der Waals surface area contributed by atoms with Crippen molar-refractivity contribution in [2.24, 2.45) is 0 Å². The zero-order chi connectivity index (χ0) is 17.3. The van der Waals surface area contributed by atoms with Gasteiger partial charge in [-0.25, -0.2) is 0 Å². The molecule has 2 saturated heterocycles. The van der Waals surface area contributed by atoms with Crippen molar-refractivity contribution in [2.45, 2.75) is 31.6 Å². The third-order valence-corrected chi connectivity index (χ3v) is 5.26. The van der Waals surface area contributed by atoms with Gasteiger partial charge in [-0.15, -0.1) is 0 Å². The molecule has 9 heteroatoms. The fourth-order valence-corrected chi connectivity index (χ4v) is 3.59. The van der Waals surface area contributed by atoms with Crippen LogP contribution in [0.3, 0.4) is 0 Å².